The lowest BCUT2D eigenvalue weighted by molar-refractivity contribution is -0.124. The molecule has 1 atom stereocenters. The highest BCUT2D eigenvalue weighted by Gasteiger charge is 2.18. The van der Waals surface area contributed by atoms with E-state index in [9.17, 15) is 9.59 Å². The van der Waals surface area contributed by atoms with Crippen LogP contribution in [0.3, 0.4) is 0 Å². The minimum absolute atomic E-state index is 0.0993. The van der Waals surface area contributed by atoms with Crippen LogP contribution in [0.2, 0.25) is 0 Å². The van der Waals surface area contributed by atoms with E-state index in [4.69, 9.17) is 0 Å². The number of hydrogen-bond donors (Lipinski definition) is 2. The van der Waals surface area contributed by atoms with Gasteiger partial charge in [-0.1, -0.05) is 36.4 Å². The summed E-state index contributed by atoms with van der Waals surface area (Å²) in [5.74, 6) is -0.0814. The molecule has 1 aromatic carbocycles. The largest absolute Gasteiger partial charge is 0.326 e. The van der Waals surface area contributed by atoms with Crippen LogP contribution in [0.5, 0.6) is 0 Å². The molecule has 1 aliphatic rings. The van der Waals surface area contributed by atoms with Gasteiger partial charge in [0.25, 0.3) is 0 Å². The Morgan fingerprint density at radius 2 is 1.88 bits per heavy atom. The highest BCUT2D eigenvalue weighted by molar-refractivity contribution is 6.01. The summed E-state index contributed by atoms with van der Waals surface area (Å²) in [4.78, 5) is 23.8. The van der Waals surface area contributed by atoms with E-state index in [1.165, 1.54) is 0 Å². The number of anilines is 1. The normalized spacial score (nSPS) is 18.4. The quantitative estimate of drug-likeness (QED) is 0.611. The van der Waals surface area contributed by atoms with E-state index in [1.807, 2.05) is 32.0 Å². The number of benzene rings is 1. The Balaban J connectivity index is 1.80. The molecule has 132 valence electrons. The number of hydrogen-bond acceptors (Lipinski definition) is 3. The van der Waals surface area contributed by atoms with E-state index < -0.39 is 0 Å². The Bertz CT molecular complexity index is 705. The molecule has 0 saturated carbocycles. The SMILES string of the molecule is C=C(C)[C@H]1CC=C(C)/C(=N/NC(=O)CCC(=O)Nc2ccccc2)C1. The minimum Gasteiger partial charge on any atom is -0.326 e. The molecule has 5 heteroatoms. The van der Waals surface area contributed by atoms with Crippen LogP contribution in [-0.2, 0) is 9.59 Å². The molecule has 0 aliphatic heterocycles. The van der Waals surface area contributed by atoms with Gasteiger partial charge in [0.05, 0.1) is 5.71 Å². The van der Waals surface area contributed by atoms with Crippen LogP contribution in [0.1, 0.15) is 39.5 Å². The standard InChI is InChI=1S/C20H25N3O2/c1-14(2)16-10-9-15(3)18(13-16)22-23-20(25)12-11-19(24)21-17-7-5-4-6-8-17/h4-9,16H,1,10-13H2,2-3H3,(H,21,24)(H,23,25)/b22-18+/t16-/m0/s1. The fourth-order valence-electron chi connectivity index (χ4n) is 2.58. The molecule has 0 fully saturated rings. The highest BCUT2D eigenvalue weighted by atomic mass is 16.2. The van der Waals surface area contributed by atoms with Gasteiger partial charge in [0, 0.05) is 18.5 Å². The third kappa shape index (κ3) is 6.03. The number of hydrazone groups is 1. The molecule has 25 heavy (non-hydrogen) atoms. The highest BCUT2D eigenvalue weighted by Crippen LogP contribution is 2.26. The zero-order valence-corrected chi connectivity index (χ0v) is 14.8. The molecule has 0 unspecified atom stereocenters. The molecule has 2 N–H and O–H groups in total. The summed E-state index contributed by atoms with van der Waals surface area (Å²) in [5.41, 5.74) is 6.37. The van der Waals surface area contributed by atoms with Gasteiger partial charge in [-0.2, -0.15) is 5.10 Å². The number of nitrogens with one attached hydrogen (secondary N) is 2. The van der Waals surface area contributed by atoms with Crippen molar-refractivity contribution in [2.75, 3.05) is 5.32 Å². The van der Waals surface area contributed by atoms with Gasteiger partial charge in [0.2, 0.25) is 11.8 Å². The fraction of sp³-hybridized carbons (Fsp3) is 0.350. The maximum atomic E-state index is 11.9. The van der Waals surface area contributed by atoms with Gasteiger partial charge in [-0.05, 0) is 50.3 Å². The Morgan fingerprint density at radius 1 is 1.20 bits per heavy atom. The van der Waals surface area contributed by atoms with Gasteiger partial charge in [0.1, 0.15) is 0 Å². The van der Waals surface area contributed by atoms with Crippen LogP contribution in [0.25, 0.3) is 0 Å². The smallest absolute Gasteiger partial charge is 0.240 e. The molecule has 0 radical (unpaired) electrons. The summed E-state index contributed by atoms with van der Waals surface area (Å²) in [7, 11) is 0. The van der Waals surface area contributed by atoms with Gasteiger partial charge in [0.15, 0.2) is 0 Å². The first-order valence-corrected chi connectivity index (χ1v) is 8.48. The molecule has 0 saturated heterocycles. The minimum atomic E-state index is -0.263. The molecule has 0 bridgehead atoms. The summed E-state index contributed by atoms with van der Waals surface area (Å²) in [6, 6.07) is 9.18. The molecule has 2 amide bonds. The number of para-hydroxylation sites is 1. The monoisotopic (exact) mass is 339 g/mol. The van der Waals surface area contributed by atoms with Crippen LogP contribution in [0.4, 0.5) is 5.69 Å². The summed E-state index contributed by atoms with van der Waals surface area (Å²) >= 11 is 0. The van der Waals surface area contributed by atoms with Crippen molar-refractivity contribution in [3.05, 3.63) is 54.1 Å². The Kier molecular flexibility index (Phi) is 6.69. The van der Waals surface area contributed by atoms with E-state index in [-0.39, 0.29) is 24.7 Å². The van der Waals surface area contributed by atoms with Gasteiger partial charge >= 0.3 is 0 Å². The average molecular weight is 339 g/mol. The lowest BCUT2D eigenvalue weighted by Gasteiger charge is -2.22. The first-order valence-electron chi connectivity index (χ1n) is 8.48. The van der Waals surface area contributed by atoms with E-state index in [0.717, 1.165) is 35.4 Å². The molecular formula is C20H25N3O2. The first-order chi connectivity index (χ1) is 12.0. The van der Waals surface area contributed by atoms with Crippen molar-refractivity contribution in [3.8, 4) is 0 Å². The molecule has 1 aliphatic carbocycles. The number of rotatable bonds is 6. The number of nitrogens with zero attached hydrogens (tertiary/aromatic N) is 1. The van der Waals surface area contributed by atoms with Gasteiger partial charge in [-0.25, -0.2) is 5.43 Å². The third-order valence-corrected chi connectivity index (χ3v) is 4.25. The average Bonchev–Trinajstić information content (AvgIpc) is 2.60. The number of carbonyl (C=O) groups excluding carboxylic acids is 2. The van der Waals surface area contributed by atoms with Crippen LogP contribution in [0.15, 0.2) is 59.2 Å². The molecule has 0 spiro atoms. The van der Waals surface area contributed by atoms with Crippen LogP contribution in [0, 0.1) is 5.92 Å². The van der Waals surface area contributed by atoms with Crippen molar-refractivity contribution in [2.45, 2.75) is 39.5 Å². The van der Waals surface area contributed by atoms with E-state index in [2.05, 4.69) is 28.5 Å². The topological polar surface area (TPSA) is 70.6 Å². The maximum absolute atomic E-state index is 11.9. The summed E-state index contributed by atoms with van der Waals surface area (Å²) in [5, 5.41) is 6.99. The predicted octanol–water partition coefficient (Wildman–Crippen LogP) is 3.81. The van der Waals surface area contributed by atoms with E-state index in [0.29, 0.717) is 5.92 Å². The van der Waals surface area contributed by atoms with Crippen molar-refractivity contribution in [1.82, 2.24) is 5.43 Å². The Hall–Kier alpha value is -2.69. The van der Waals surface area contributed by atoms with Crippen LogP contribution >= 0.6 is 0 Å². The second-order valence-electron chi connectivity index (χ2n) is 6.38. The van der Waals surface area contributed by atoms with E-state index >= 15 is 0 Å². The van der Waals surface area contributed by atoms with Crippen molar-refractivity contribution in [2.24, 2.45) is 11.0 Å². The fourth-order valence-corrected chi connectivity index (χ4v) is 2.58. The third-order valence-electron chi connectivity index (χ3n) is 4.25. The summed E-state index contributed by atoms with van der Waals surface area (Å²) < 4.78 is 0. The first kappa shape index (κ1) is 18.6. The lowest BCUT2D eigenvalue weighted by Crippen LogP contribution is -2.24. The number of allylic oxidation sites excluding steroid dienone is 3. The molecule has 0 heterocycles. The molecular weight excluding hydrogens is 314 g/mol. The van der Waals surface area contributed by atoms with Crippen molar-refractivity contribution >= 4 is 23.2 Å². The maximum Gasteiger partial charge on any atom is 0.240 e. The van der Waals surface area contributed by atoms with E-state index in [1.54, 1.807) is 12.1 Å². The van der Waals surface area contributed by atoms with Gasteiger partial charge in [-0.3, -0.25) is 9.59 Å². The summed E-state index contributed by atoms with van der Waals surface area (Å²) in [6.45, 7) is 8.01. The Morgan fingerprint density at radius 3 is 2.56 bits per heavy atom. The summed E-state index contributed by atoms with van der Waals surface area (Å²) in [6.07, 6.45) is 4.10. The molecule has 1 aromatic rings. The van der Waals surface area contributed by atoms with Crippen molar-refractivity contribution in [3.63, 3.8) is 0 Å². The molecule has 5 nitrogen and oxygen atoms in total. The number of carbonyl (C=O) groups is 2. The predicted molar refractivity (Wildman–Crippen MR) is 101 cm³/mol. The zero-order valence-electron chi connectivity index (χ0n) is 14.8. The molecule has 2 rings (SSSR count). The second kappa shape index (κ2) is 8.97. The van der Waals surface area contributed by atoms with Crippen molar-refractivity contribution < 1.29 is 9.59 Å². The lowest BCUT2D eigenvalue weighted by atomic mass is 9.85. The zero-order chi connectivity index (χ0) is 18.2. The van der Waals surface area contributed by atoms with Crippen LogP contribution < -0.4 is 10.7 Å². The van der Waals surface area contributed by atoms with Crippen LogP contribution in [-0.4, -0.2) is 17.5 Å². The second-order valence-corrected chi connectivity index (χ2v) is 6.38. The van der Waals surface area contributed by atoms with Gasteiger partial charge in [-0.15, -0.1) is 0 Å². The van der Waals surface area contributed by atoms with Crippen molar-refractivity contribution in [1.29, 1.82) is 0 Å². The van der Waals surface area contributed by atoms with Gasteiger partial charge < -0.3 is 5.32 Å². The number of amides is 2. The molecule has 0 aromatic heterocycles. The Labute approximate surface area is 148 Å².